The van der Waals surface area contributed by atoms with Crippen LogP contribution in [0.25, 0.3) is 11.3 Å². The van der Waals surface area contributed by atoms with Gasteiger partial charge in [0.2, 0.25) is 0 Å². The number of benzene rings is 1. The van der Waals surface area contributed by atoms with E-state index in [1.165, 1.54) is 0 Å². The molecule has 0 bridgehead atoms. The van der Waals surface area contributed by atoms with E-state index in [0.717, 1.165) is 17.0 Å². The van der Waals surface area contributed by atoms with Gasteiger partial charge in [0.15, 0.2) is 11.5 Å². The van der Waals surface area contributed by atoms with Gasteiger partial charge in [0.25, 0.3) is 5.91 Å². The number of aryl methyl sites for hydroxylation is 1. The lowest BCUT2D eigenvalue weighted by Crippen LogP contribution is -2.28. The van der Waals surface area contributed by atoms with Crippen molar-refractivity contribution in [3.05, 3.63) is 77.5 Å². The molecule has 4 rings (SSSR count). The van der Waals surface area contributed by atoms with Crippen LogP contribution in [0.2, 0.25) is 0 Å². The highest BCUT2D eigenvalue weighted by atomic mass is 16.1. The molecule has 0 aliphatic heterocycles. The summed E-state index contributed by atoms with van der Waals surface area (Å²) in [5.74, 6) is 0.511. The Morgan fingerprint density at radius 3 is 2.56 bits per heavy atom. The molecule has 0 saturated carbocycles. The van der Waals surface area contributed by atoms with E-state index in [0.29, 0.717) is 17.1 Å². The zero-order valence-corrected chi connectivity index (χ0v) is 15.4. The van der Waals surface area contributed by atoms with Gasteiger partial charge in [-0.3, -0.25) is 9.20 Å². The maximum absolute atomic E-state index is 13.0. The van der Waals surface area contributed by atoms with Gasteiger partial charge >= 0.3 is 0 Å². The van der Waals surface area contributed by atoms with Crippen molar-refractivity contribution in [1.29, 1.82) is 0 Å². The third-order valence-electron chi connectivity index (χ3n) is 4.59. The topological polar surface area (TPSA) is 77.1 Å². The van der Waals surface area contributed by atoms with Crippen molar-refractivity contribution < 1.29 is 4.79 Å². The molecule has 0 saturated heterocycles. The van der Waals surface area contributed by atoms with Crippen molar-refractivity contribution in [2.45, 2.75) is 26.8 Å². The quantitative estimate of drug-likeness (QED) is 0.607. The highest BCUT2D eigenvalue weighted by Crippen LogP contribution is 2.19. The number of pyridine rings is 1. The van der Waals surface area contributed by atoms with Crippen LogP contribution in [0.4, 0.5) is 0 Å². The van der Waals surface area contributed by atoms with E-state index in [1.807, 2.05) is 79.9 Å². The summed E-state index contributed by atoms with van der Waals surface area (Å²) in [6.45, 7) is 5.64. The molecule has 4 aromatic rings. The van der Waals surface area contributed by atoms with Crippen molar-refractivity contribution in [2.75, 3.05) is 0 Å². The number of amides is 1. The minimum atomic E-state index is -0.297. The molecule has 1 atom stereocenters. The molecule has 1 aromatic carbocycles. The fraction of sp³-hybridized carbons (Fsp3) is 0.200. The first-order valence-corrected chi connectivity index (χ1v) is 8.78. The number of hydrogen-bond donors (Lipinski definition) is 1. The lowest BCUT2D eigenvalue weighted by atomic mass is 10.1. The summed E-state index contributed by atoms with van der Waals surface area (Å²) in [4.78, 5) is 13.0. The van der Waals surface area contributed by atoms with Crippen LogP contribution in [0, 0.1) is 13.8 Å². The van der Waals surface area contributed by atoms with Gasteiger partial charge < -0.3 is 5.32 Å². The number of fused-ring (bicyclic) bond motifs is 1. The van der Waals surface area contributed by atoms with E-state index in [9.17, 15) is 4.79 Å². The first-order valence-electron chi connectivity index (χ1n) is 8.78. The fourth-order valence-electron chi connectivity index (χ4n) is 3.28. The predicted molar refractivity (Wildman–Crippen MR) is 102 cm³/mol. The van der Waals surface area contributed by atoms with Gasteiger partial charge in [0, 0.05) is 6.20 Å². The smallest absolute Gasteiger partial charge is 0.255 e. The van der Waals surface area contributed by atoms with Crippen molar-refractivity contribution >= 4 is 11.6 Å². The first kappa shape index (κ1) is 17.0. The average molecular weight is 360 g/mol. The van der Waals surface area contributed by atoms with Gasteiger partial charge in [0.1, 0.15) is 0 Å². The molecule has 27 heavy (non-hydrogen) atoms. The summed E-state index contributed by atoms with van der Waals surface area (Å²) in [6.07, 6.45) is 1.89. The zero-order valence-electron chi connectivity index (χ0n) is 15.4. The Bertz CT molecular complexity index is 1110. The molecule has 0 radical (unpaired) electrons. The molecule has 0 spiro atoms. The number of carbonyl (C=O) groups excluding carboxylic acids is 1. The van der Waals surface area contributed by atoms with Gasteiger partial charge in [-0.15, -0.1) is 10.2 Å². The van der Waals surface area contributed by atoms with Crippen LogP contribution in [0.15, 0.2) is 54.7 Å². The van der Waals surface area contributed by atoms with Gasteiger partial charge in [0.05, 0.1) is 28.7 Å². The molecule has 0 aliphatic carbocycles. The number of hydrogen-bond acceptors (Lipinski definition) is 4. The van der Waals surface area contributed by atoms with E-state index < -0.39 is 0 Å². The molecular weight excluding hydrogens is 340 g/mol. The van der Waals surface area contributed by atoms with Crippen LogP contribution in [-0.2, 0) is 0 Å². The minimum absolute atomic E-state index is 0.174. The van der Waals surface area contributed by atoms with E-state index in [-0.39, 0.29) is 11.9 Å². The predicted octanol–water partition coefficient (Wildman–Crippen LogP) is 3.02. The summed E-state index contributed by atoms with van der Waals surface area (Å²) >= 11 is 0. The van der Waals surface area contributed by atoms with Gasteiger partial charge in [-0.25, -0.2) is 4.68 Å². The second-order valence-electron chi connectivity index (χ2n) is 6.48. The average Bonchev–Trinajstić information content (AvgIpc) is 3.23. The standard InChI is InChI=1S/C20H20N6O/c1-13-18(15(3)26(24-13)16-9-5-4-6-10-16)20(27)21-14(2)19-23-22-17-11-7-8-12-25(17)19/h4-12,14H,1-3H3,(H,21,27). The summed E-state index contributed by atoms with van der Waals surface area (Å²) in [6, 6.07) is 15.2. The van der Waals surface area contributed by atoms with Crippen LogP contribution in [0.3, 0.4) is 0 Å². The number of carbonyl (C=O) groups is 1. The Balaban J connectivity index is 1.63. The minimum Gasteiger partial charge on any atom is -0.342 e. The molecule has 3 heterocycles. The highest BCUT2D eigenvalue weighted by molar-refractivity contribution is 5.96. The normalized spacial score (nSPS) is 12.3. The first-order chi connectivity index (χ1) is 13.1. The molecule has 1 amide bonds. The number of nitrogens with zero attached hydrogens (tertiary/aromatic N) is 5. The largest absolute Gasteiger partial charge is 0.342 e. The molecule has 3 aromatic heterocycles. The Morgan fingerprint density at radius 1 is 1.04 bits per heavy atom. The molecule has 1 unspecified atom stereocenters. The molecular formula is C20H20N6O. The Labute approximate surface area is 156 Å². The lowest BCUT2D eigenvalue weighted by molar-refractivity contribution is 0.0937. The molecule has 7 nitrogen and oxygen atoms in total. The molecule has 0 fully saturated rings. The number of rotatable bonds is 4. The van der Waals surface area contributed by atoms with Crippen molar-refractivity contribution in [3.8, 4) is 5.69 Å². The summed E-state index contributed by atoms with van der Waals surface area (Å²) in [5.41, 5.74) is 3.74. The van der Waals surface area contributed by atoms with Gasteiger partial charge in [-0.1, -0.05) is 24.3 Å². The molecule has 0 aliphatic rings. The zero-order chi connectivity index (χ0) is 19.0. The molecule has 7 heteroatoms. The summed E-state index contributed by atoms with van der Waals surface area (Å²) < 4.78 is 3.67. The van der Waals surface area contributed by atoms with Gasteiger partial charge in [-0.2, -0.15) is 5.10 Å². The Kier molecular flexibility index (Phi) is 4.19. The van der Waals surface area contributed by atoms with Crippen LogP contribution >= 0.6 is 0 Å². The third kappa shape index (κ3) is 2.97. The van der Waals surface area contributed by atoms with Crippen LogP contribution in [-0.4, -0.2) is 30.3 Å². The third-order valence-corrected chi connectivity index (χ3v) is 4.59. The second kappa shape index (κ2) is 6.68. The van der Waals surface area contributed by atoms with Crippen LogP contribution in [0.5, 0.6) is 0 Å². The Morgan fingerprint density at radius 2 is 1.78 bits per heavy atom. The summed E-state index contributed by atoms with van der Waals surface area (Å²) in [5, 5.41) is 15.9. The van der Waals surface area contributed by atoms with Crippen LogP contribution in [0.1, 0.15) is 40.5 Å². The van der Waals surface area contributed by atoms with Crippen molar-refractivity contribution in [1.82, 2.24) is 29.7 Å². The van der Waals surface area contributed by atoms with Crippen molar-refractivity contribution in [2.24, 2.45) is 0 Å². The maximum Gasteiger partial charge on any atom is 0.255 e. The molecule has 136 valence electrons. The SMILES string of the molecule is Cc1nn(-c2ccccc2)c(C)c1C(=O)NC(C)c1nnc2ccccn12. The van der Waals surface area contributed by atoms with Crippen molar-refractivity contribution in [3.63, 3.8) is 0 Å². The monoisotopic (exact) mass is 360 g/mol. The number of para-hydroxylation sites is 1. The van der Waals surface area contributed by atoms with Gasteiger partial charge in [-0.05, 0) is 45.0 Å². The lowest BCUT2D eigenvalue weighted by Gasteiger charge is -2.13. The van der Waals surface area contributed by atoms with E-state index >= 15 is 0 Å². The van der Waals surface area contributed by atoms with E-state index in [2.05, 4.69) is 20.6 Å². The van der Waals surface area contributed by atoms with E-state index in [1.54, 1.807) is 4.68 Å². The maximum atomic E-state index is 13.0. The molecule has 1 N–H and O–H groups in total. The van der Waals surface area contributed by atoms with Crippen LogP contribution < -0.4 is 5.32 Å². The fourth-order valence-corrected chi connectivity index (χ4v) is 3.28. The Hall–Kier alpha value is -3.48. The highest BCUT2D eigenvalue weighted by Gasteiger charge is 2.22. The van der Waals surface area contributed by atoms with E-state index in [4.69, 9.17) is 0 Å². The number of aromatic nitrogens is 5. The second-order valence-corrected chi connectivity index (χ2v) is 6.48. The summed E-state index contributed by atoms with van der Waals surface area (Å²) in [7, 11) is 0. The number of nitrogens with one attached hydrogen (secondary N) is 1.